The van der Waals surface area contributed by atoms with Crippen LogP contribution in [0.2, 0.25) is 0 Å². The number of aromatic nitrogens is 5. The molecule has 0 spiro atoms. The number of hydrogen-bond donors (Lipinski definition) is 0. The highest BCUT2D eigenvalue weighted by Crippen LogP contribution is 2.26. The number of aryl methyl sites for hydroxylation is 1. The van der Waals surface area contributed by atoms with Crippen molar-refractivity contribution in [1.82, 2.24) is 29.4 Å². The Labute approximate surface area is 147 Å². The molecule has 1 aliphatic heterocycles. The van der Waals surface area contributed by atoms with Gasteiger partial charge in [-0.1, -0.05) is 6.07 Å². The SMILES string of the molecule is Cc1ccc(CN2CCC[C@@H](c3cncc(-n4ccnc4)n3)C2)cn1. The highest BCUT2D eigenvalue weighted by Gasteiger charge is 2.23. The van der Waals surface area contributed by atoms with E-state index in [1.165, 1.54) is 12.0 Å². The molecular formula is C19H22N6. The van der Waals surface area contributed by atoms with Crippen molar-refractivity contribution in [3.05, 3.63) is 66.4 Å². The molecule has 0 saturated carbocycles. The predicted octanol–water partition coefficient (Wildman–Crippen LogP) is 2.75. The van der Waals surface area contributed by atoms with Crippen LogP contribution in [0.15, 0.2) is 49.4 Å². The van der Waals surface area contributed by atoms with Gasteiger partial charge in [-0.25, -0.2) is 9.97 Å². The molecule has 0 unspecified atom stereocenters. The number of rotatable bonds is 4. The summed E-state index contributed by atoms with van der Waals surface area (Å²) in [6, 6.07) is 4.25. The van der Waals surface area contributed by atoms with Crippen molar-refractivity contribution in [1.29, 1.82) is 0 Å². The van der Waals surface area contributed by atoms with Gasteiger partial charge < -0.3 is 0 Å². The summed E-state index contributed by atoms with van der Waals surface area (Å²) < 4.78 is 1.90. The van der Waals surface area contributed by atoms with Crippen molar-refractivity contribution in [2.45, 2.75) is 32.2 Å². The first-order valence-electron chi connectivity index (χ1n) is 8.72. The normalized spacial score (nSPS) is 18.4. The second kappa shape index (κ2) is 7.11. The fourth-order valence-electron chi connectivity index (χ4n) is 3.38. The number of pyridine rings is 1. The van der Waals surface area contributed by atoms with Crippen molar-refractivity contribution in [2.75, 3.05) is 13.1 Å². The quantitative estimate of drug-likeness (QED) is 0.734. The van der Waals surface area contributed by atoms with E-state index in [0.717, 1.165) is 43.3 Å². The summed E-state index contributed by atoms with van der Waals surface area (Å²) in [5.41, 5.74) is 3.40. The largest absolute Gasteiger partial charge is 0.298 e. The summed E-state index contributed by atoms with van der Waals surface area (Å²) in [5, 5.41) is 0. The van der Waals surface area contributed by atoms with E-state index in [4.69, 9.17) is 4.98 Å². The van der Waals surface area contributed by atoms with Crippen LogP contribution in [0.3, 0.4) is 0 Å². The zero-order valence-corrected chi connectivity index (χ0v) is 14.4. The second-order valence-corrected chi connectivity index (χ2v) is 6.65. The summed E-state index contributed by atoms with van der Waals surface area (Å²) in [6.45, 7) is 5.10. The lowest BCUT2D eigenvalue weighted by Crippen LogP contribution is -2.34. The molecule has 1 aliphatic rings. The molecule has 0 aliphatic carbocycles. The molecule has 0 bridgehead atoms. The third kappa shape index (κ3) is 3.74. The number of hydrogen-bond acceptors (Lipinski definition) is 5. The van der Waals surface area contributed by atoms with Gasteiger partial charge in [0.25, 0.3) is 0 Å². The van der Waals surface area contributed by atoms with E-state index in [9.17, 15) is 0 Å². The first-order chi connectivity index (χ1) is 12.3. The molecule has 3 aromatic heterocycles. The van der Waals surface area contributed by atoms with Crippen molar-refractivity contribution >= 4 is 0 Å². The molecule has 3 aromatic rings. The van der Waals surface area contributed by atoms with Gasteiger partial charge in [-0.2, -0.15) is 0 Å². The zero-order valence-electron chi connectivity index (χ0n) is 14.4. The van der Waals surface area contributed by atoms with Crippen LogP contribution in [0, 0.1) is 6.92 Å². The minimum atomic E-state index is 0.420. The van der Waals surface area contributed by atoms with Crippen molar-refractivity contribution in [3.63, 3.8) is 0 Å². The van der Waals surface area contributed by atoms with E-state index < -0.39 is 0 Å². The van der Waals surface area contributed by atoms with Gasteiger partial charge >= 0.3 is 0 Å². The third-order valence-corrected chi connectivity index (χ3v) is 4.71. The molecule has 1 saturated heterocycles. The number of piperidine rings is 1. The zero-order chi connectivity index (χ0) is 17.1. The number of likely N-dealkylation sites (tertiary alicyclic amines) is 1. The first-order valence-corrected chi connectivity index (χ1v) is 8.72. The van der Waals surface area contributed by atoms with Gasteiger partial charge in [0, 0.05) is 49.5 Å². The van der Waals surface area contributed by atoms with Gasteiger partial charge in [0.2, 0.25) is 0 Å². The average Bonchev–Trinajstić information content (AvgIpc) is 3.19. The van der Waals surface area contributed by atoms with Gasteiger partial charge in [0.05, 0.1) is 11.9 Å². The van der Waals surface area contributed by atoms with Crippen LogP contribution in [0.4, 0.5) is 0 Å². The van der Waals surface area contributed by atoms with E-state index in [2.05, 4.69) is 32.0 Å². The van der Waals surface area contributed by atoms with Gasteiger partial charge in [0.15, 0.2) is 5.82 Å². The molecule has 128 valence electrons. The Kier molecular flexibility index (Phi) is 4.52. The molecule has 0 N–H and O–H groups in total. The fourth-order valence-corrected chi connectivity index (χ4v) is 3.38. The lowest BCUT2D eigenvalue weighted by molar-refractivity contribution is 0.198. The topological polar surface area (TPSA) is 59.7 Å². The van der Waals surface area contributed by atoms with E-state index in [-0.39, 0.29) is 0 Å². The lowest BCUT2D eigenvalue weighted by Gasteiger charge is -2.32. The summed E-state index contributed by atoms with van der Waals surface area (Å²) in [4.78, 5) is 20.2. The van der Waals surface area contributed by atoms with Crippen molar-refractivity contribution in [2.24, 2.45) is 0 Å². The molecule has 25 heavy (non-hydrogen) atoms. The molecule has 6 nitrogen and oxygen atoms in total. The predicted molar refractivity (Wildman–Crippen MR) is 95.4 cm³/mol. The van der Waals surface area contributed by atoms with Gasteiger partial charge in [-0.05, 0) is 37.9 Å². The highest BCUT2D eigenvalue weighted by atomic mass is 15.1. The maximum atomic E-state index is 4.81. The summed E-state index contributed by atoms with van der Waals surface area (Å²) in [7, 11) is 0. The van der Waals surface area contributed by atoms with Crippen LogP contribution in [0.5, 0.6) is 0 Å². The summed E-state index contributed by atoms with van der Waals surface area (Å²) in [5.74, 6) is 1.25. The monoisotopic (exact) mass is 334 g/mol. The maximum Gasteiger partial charge on any atom is 0.156 e. The van der Waals surface area contributed by atoms with Crippen LogP contribution in [-0.2, 0) is 6.54 Å². The Morgan fingerprint density at radius 2 is 2.12 bits per heavy atom. The molecule has 6 heteroatoms. The van der Waals surface area contributed by atoms with Crippen LogP contribution >= 0.6 is 0 Å². The molecule has 0 radical (unpaired) electrons. The fraction of sp³-hybridized carbons (Fsp3) is 0.368. The van der Waals surface area contributed by atoms with Crippen LogP contribution in [0.1, 0.15) is 35.7 Å². The Bertz CT molecular complexity index is 812. The average molecular weight is 334 g/mol. The molecule has 0 amide bonds. The molecule has 1 atom stereocenters. The molecular weight excluding hydrogens is 312 g/mol. The highest BCUT2D eigenvalue weighted by molar-refractivity contribution is 5.22. The summed E-state index contributed by atoms with van der Waals surface area (Å²) in [6.07, 6.45) is 13.4. The molecule has 1 fully saturated rings. The van der Waals surface area contributed by atoms with E-state index in [1.54, 1.807) is 18.7 Å². The van der Waals surface area contributed by atoms with Crippen molar-refractivity contribution in [3.8, 4) is 5.82 Å². The second-order valence-electron chi connectivity index (χ2n) is 6.65. The van der Waals surface area contributed by atoms with Crippen LogP contribution in [-0.4, -0.2) is 42.5 Å². The standard InChI is InChI=1S/C19H22N6/c1-15-4-5-16(9-22-15)12-24-7-2-3-17(13-24)18-10-21-11-19(23-18)25-8-6-20-14-25/h4-6,8-11,14,17H,2-3,7,12-13H2,1H3/t17-/m1/s1. The molecule has 4 heterocycles. The Hall–Kier alpha value is -2.60. The smallest absolute Gasteiger partial charge is 0.156 e. The van der Waals surface area contributed by atoms with E-state index in [1.807, 2.05) is 30.1 Å². The molecule has 0 aromatic carbocycles. The van der Waals surface area contributed by atoms with Crippen molar-refractivity contribution < 1.29 is 0 Å². The van der Waals surface area contributed by atoms with Crippen LogP contribution < -0.4 is 0 Å². The summed E-state index contributed by atoms with van der Waals surface area (Å²) >= 11 is 0. The Morgan fingerprint density at radius 1 is 1.16 bits per heavy atom. The number of imidazole rings is 1. The minimum absolute atomic E-state index is 0.420. The van der Waals surface area contributed by atoms with Crippen LogP contribution in [0.25, 0.3) is 5.82 Å². The minimum Gasteiger partial charge on any atom is -0.298 e. The maximum absolute atomic E-state index is 4.81. The van der Waals surface area contributed by atoms with Gasteiger partial charge in [-0.15, -0.1) is 0 Å². The lowest BCUT2D eigenvalue weighted by atomic mass is 9.94. The number of nitrogens with zero attached hydrogens (tertiary/aromatic N) is 6. The first kappa shape index (κ1) is 15.9. The molecule has 4 rings (SSSR count). The van der Waals surface area contributed by atoms with E-state index in [0.29, 0.717) is 5.92 Å². The van der Waals surface area contributed by atoms with E-state index >= 15 is 0 Å². The third-order valence-electron chi connectivity index (χ3n) is 4.71. The Morgan fingerprint density at radius 3 is 2.92 bits per heavy atom. The van der Waals surface area contributed by atoms with Gasteiger partial charge in [-0.3, -0.25) is 19.4 Å². The Balaban J connectivity index is 1.47. The van der Waals surface area contributed by atoms with Gasteiger partial charge in [0.1, 0.15) is 6.33 Å².